The summed E-state index contributed by atoms with van der Waals surface area (Å²) in [5.74, 6) is -0.697. The van der Waals surface area contributed by atoms with Crippen LogP contribution in [0.3, 0.4) is 0 Å². The number of amides is 1. The molecule has 0 fully saturated rings. The predicted octanol–water partition coefficient (Wildman–Crippen LogP) is 4.26. The molecule has 0 radical (unpaired) electrons. The lowest BCUT2D eigenvalue weighted by molar-refractivity contribution is -0.142. The largest absolute Gasteiger partial charge is 0.466 e. The Hall–Kier alpha value is -1.54. The third-order valence-corrected chi connectivity index (χ3v) is 4.52. The quantitative estimate of drug-likeness (QED) is 0.652. The van der Waals surface area contributed by atoms with Crippen molar-refractivity contribution in [2.24, 2.45) is 0 Å². The van der Waals surface area contributed by atoms with Gasteiger partial charge in [-0.3, -0.25) is 9.59 Å². The maximum Gasteiger partial charge on any atom is 0.311 e. The minimum atomic E-state index is -0.353. The molecule has 0 spiro atoms. The average molecular weight is 423 g/mol. The number of ether oxygens (including phenoxy) is 1. The molecule has 0 atom stereocenters. The van der Waals surface area contributed by atoms with E-state index in [0.29, 0.717) is 28.1 Å². The van der Waals surface area contributed by atoms with E-state index < -0.39 is 0 Å². The van der Waals surface area contributed by atoms with Crippen molar-refractivity contribution < 1.29 is 14.3 Å². The molecule has 1 amide bonds. The number of carbonyl (C=O) groups is 2. The number of halogens is 3. The first kappa shape index (κ1) is 19.8. The van der Waals surface area contributed by atoms with Crippen molar-refractivity contribution in [3.63, 3.8) is 0 Å². The molecule has 0 saturated carbocycles. The van der Waals surface area contributed by atoms with E-state index in [9.17, 15) is 9.59 Å². The van der Waals surface area contributed by atoms with E-state index in [4.69, 9.17) is 39.5 Å². The van der Waals surface area contributed by atoms with E-state index in [2.05, 4.69) is 15.6 Å². The predicted molar refractivity (Wildman–Crippen MR) is 101 cm³/mol. The Labute approximate surface area is 163 Å². The van der Waals surface area contributed by atoms with Gasteiger partial charge in [-0.15, -0.1) is 11.3 Å². The molecule has 25 heavy (non-hydrogen) atoms. The zero-order valence-corrected chi connectivity index (χ0v) is 16.2. The van der Waals surface area contributed by atoms with Crippen LogP contribution in [0, 0.1) is 0 Å². The van der Waals surface area contributed by atoms with E-state index in [1.807, 2.05) is 0 Å². The summed E-state index contributed by atoms with van der Waals surface area (Å²) in [4.78, 5) is 27.6. The molecule has 0 unspecified atom stereocenters. The van der Waals surface area contributed by atoms with Gasteiger partial charge in [-0.25, -0.2) is 4.98 Å². The molecule has 1 aromatic heterocycles. The summed E-state index contributed by atoms with van der Waals surface area (Å²) in [6.45, 7) is 2.02. The van der Waals surface area contributed by atoms with Gasteiger partial charge in [-0.1, -0.05) is 34.8 Å². The Bertz CT molecular complexity index is 759. The van der Waals surface area contributed by atoms with Gasteiger partial charge < -0.3 is 15.4 Å². The van der Waals surface area contributed by atoms with Gasteiger partial charge in [-0.2, -0.15) is 0 Å². The lowest BCUT2D eigenvalue weighted by Gasteiger charge is -2.10. The van der Waals surface area contributed by atoms with Crippen LogP contribution in [0.5, 0.6) is 0 Å². The molecular weight excluding hydrogens is 409 g/mol. The molecule has 0 aliphatic heterocycles. The van der Waals surface area contributed by atoms with Gasteiger partial charge in [0.25, 0.3) is 0 Å². The minimum absolute atomic E-state index is 0.0400. The molecule has 2 N–H and O–H groups in total. The summed E-state index contributed by atoms with van der Waals surface area (Å²) in [7, 11) is 0. The molecule has 10 heteroatoms. The van der Waals surface area contributed by atoms with E-state index in [0.717, 1.165) is 0 Å². The normalized spacial score (nSPS) is 10.4. The second kappa shape index (κ2) is 9.24. The van der Waals surface area contributed by atoms with Crippen molar-refractivity contribution >= 4 is 68.8 Å². The van der Waals surface area contributed by atoms with Crippen LogP contribution in [-0.2, 0) is 20.7 Å². The molecule has 2 aromatic rings. The molecule has 0 bridgehead atoms. The Morgan fingerprint density at radius 3 is 2.56 bits per heavy atom. The number of esters is 1. The van der Waals surface area contributed by atoms with Crippen LogP contribution in [0.2, 0.25) is 15.1 Å². The SMILES string of the molecule is CCOC(=O)Cc1csc(NCC(=O)Nc2c(Cl)cc(Cl)cc2Cl)n1. The van der Waals surface area contributed by atoms with Crippen molar-refractivity contribution in [3.05, 3.63) is 38.3 Å². The number of rotatable bonds is 7. The average Bonchev–Trinajstić information content (AvgIpc) is 2.96. The summed E-state index contributed by atoms with van der Waals surface area (Å²) in [6, 6.07) is 2.97. The smallest absolute Gasteiger partial charge is 0.311 e. The van der Waals surface area contributed by atoms with Crippen LogP contribution in [0.4, 0.5) is 10.8 Å². The standard InChI is InChI=1S/C15H14Cl3N3O3S/c1-2-24-13(23)5-9-7-25-15(20-9)19-6-12(22)21-14-10(17)3-8(16)4-11(14)18/h3-4,7H,2,5-6H2,1H3,(H,19,20)(H,21,22). The first-order valence-electron chi connectivity index (χ1n) is 7.17. The van der Waals surface area contributed by atoms with E-state index in [1.54, 1.807) is 12.3 Å². The van der Waals surface area contributed by atoms with Crippen LogP contribution in [0.25, 0.3) is 0 Å². The van der Waals surface area contributed by atoms with Gasteiger partial charge in [0, 0.05) is 10.4 Å². The molecule has 2 rings (SSSR count). The van der Waals surface area contributed by atoms with E-state index >= 15 is 0 Å². The molecule has 1 aromatic carbocycles. The van der Waals surface area contributed by atoms with Crippen molar-refractivity contribution in [1.29, 1.82) is 0 Å². The number of hydrogen-bond acceptors (Lipinski definition) is 6. The van der Waals surface area contributed by atoms with Crippen molar-refractivity contribution in [1.82, 2.24) is 4.98 Å². The number of nitrogens with zero attached hydrogens (tertiary/aromatic N) is 1. The molecular formula is C15H14Cl3N3O3S. The first-order chi connectivity index (χ1) is 11.9. The fourth-order valence-corrected chi connectivity index (χ4v) is 3.45. The van der Waals surface area contributed by atoms with Crippen LogP contribution in [-0.4, -0.2) is 30.0 Å². The fourth-order valence-electron chi connectivity index (χ4n) is 1.83. The van der Waals surface area contributed by atoms with E-state index in [1.165, 1.54) is 23.5 Å². The minimum Gasteiger partial charge on any atom is -0.466 e. The maximum absolute atomic E-state index is 12.0. The van der Waals surface area contributed by atoms with Gasteiger partial charge in [0.1, 0.15) is 0 Å². The summed E-state index contributed by atoms with van der Waals surface area (Å²) in [5.41, 5.74) is 0.872. The number of thiazole rings is 1. The summed E-state index contributed by atoms with van der Waals surface area (Å²) in [6.07, 6.45) is 0.0915. The maximum atomic E-state index is 12.0. The number of hydrogen-bond donors (Lipinski definition) is 2. The Balaban J connectivity index is 1.88. The summed E-state index contributed by atoms with van der Waals surface area (Å²) < 4.78 is 4.86. The molecule has 6 nitrogen and oxygen atoms in total. The van der Waals surface area contributed by atoms with Crippen LogP contribution >= 0.6 is 46.1 Å². The van der Waals surface area contributed by atoms with Crippen molar-refractivity contribution in [2.75, 3.05) is 23.8 Å². The van der Waals surface area contributed by atoms with Crippen molar-refractivity contribution in [2.45, 2.75) is 13.3 Å². The first-order valence-corrected chi connectivity index (χ1v) is 9.18. The van der Waals surface area contributed by atoms with Gasteiger partial charge in [0.15, 0.2) is 5.13 Å². The lowest BCUT2D eigenvalue weighted by Crippen LogP contribution is -2.22. The zero-order chi connectivity index (χ0) is 18.4. The fraction of sp³-hybridized carbons (Fsp3) is 0.267. The number of nitrogens with one attached hydrogen (secondary N) is 2. The highest BCUT2D eigenvalue weighted by atomic mass is 35.5. The van der Waals surface area contributed by atoms with Gasteiger partial charge in [0.05, 0.1) is 41.0 Å². The topological polar surface area (TPSA) is 80.3 Å². The monoisotopic (exact) mass is 421 g/mol. The third kappa shape index (κ3) is 6.04. The highest BCUT2D eigenvalue weighted by molar-refractivity contribution is 7.13. The Morgan fingerprint density at radius 2 is 1.92 bits per heavy atom. The van der Waals surface area contributed by atoms with E-state index in [-0.39, 0.29) is 34.9 Å². The summed E-state index contributed by atoms with van der Waals surface area (Å²) >= 11 is 19.1. The second-order valence-electron chi connectivity index (χ2n) is 4.77. The van der Waals surface area contributed by atoms with Gasteiger partial charge in [-0.05, 0) is 19.1 Å². The number of carbonyl (C=O) groups excluding carboxylic acids is 2. The van der Waals surface area contributed by atoms with Crippen LogP contribution < -0.4 is 10.6 Å². The highest BCUT2D eigenvalue weighted by Gasteiger charge is 2.12. The number of anilines is 2. The number of benzene rings is 1. The second-order valence-corrected chi connectivity index (χ2v) is 6.88. The third-order valence-electron chi connectivity index (χ3n) is 2.85. The zero-order valence-electron chi connectivity index (χ0n) is 13.1. The molecule has 1 heterocycles. The Morgan fingerprint density at radius 1 is 1.24 bits per heavy atom. The Kier molecular flexibility index (Phi) is 7.31. The number of aromatic nitrogens is 1. The van der Waals surface area contributed by atoms with Gasteiger partial charge in [0.2, 0.25) is 5.91 Å². The summed E-state index contributed by atoms with van der Waals surface area (Å²) in [5, 5.41) is 8.60. The van der Waals surface area contributed by atoms with Crippen LogP contribution in [0.1, 0.15) is 12.6 Å². The van der Waals surface area contributed by atoms with Gasteiger partial charge >= 0.3 is 5.97 Å². The highest BCUT2D eigenvalue weighted by Crippen LogP contribution is 2.33. The van der Waals surface area contributed by atoms with Crippen LogP contribution in [0.15, 0.2) is 17.5 Å². The molecule has 0 aliphatic rings. The van der Waals surface area contributed by atoms with Crippen molar-refractivity contribution in [3.8, 4) is 0 Å². The lowest BCUT2D eigenvalue weighted by atomic mass is 10.3. The molecule has 0 aliphatic carbocycles. The molecule has 134 valence electrons. The molecule has 0 saturated heterocycles.